The lowest BCUT2D eigenvalue weighted by Gasteiger charge is -2.39. The highest BCUT2D eigenvalue weighted by Crippen LogP contribution is 2.44. The predicted molar refractivity (Wildman–Crippen MR) is 120 cm³/mol. The standard InChI is InChI=1S/C26H32N2O3/c1-30-21-9-3-18(4-10-21)15-27-14-13-25-24(16-27)23(17-28(25)26(29)20-5-6-20)19-7-11-22(31-2)12-8-19/h3-4,7-12,20,23-25H,5-6,13-17H2,1-2H3/t23-,24-,25-/m1/s1. The molecule has 0 bridgehead atoms. The lowest BCUT2D eigenvalue weighted by Crippen LogP contribution is -2.48. The SMILES string of the molecule is COc1ccc(CN2CC[C@@H]3[C@H](C2)[C@@H](c2ccc(OC)cc2)CN3C(=O)C2CC2)cc1. The Hall–Kier alpha value is -2.53. The summed E-state index contributed by atoms with van der Waals surface area (Å²) < 4.78 is 10.6. The Morgan fingerprint density at radius 2 is 1.55 bits per heavy atom. The van der Waals surface area contributed by atoms with E-state index in [0.29, 0.717) is 23.8 Å². The molecule has 31 heavy (non-hydrogen) atoms. The van der Waals surface area contributed by atoms with E-state index in [1.165, 1.54) is 11.1 Å². The van der Waals surface area contributed by atoms with Gasteiger partial charge in [-0.15, -0.1) is 0 Å². The number of piperidine rings is 1. The first-order valence-corrected chi connectivity index (χ1v) is 11.5. The predicted octanol–water partition coefficient (Wildman–Crippen LogP) is 3.93. The molecule has 2 aromatic rings. The highest BCUT2D eigenvalue weighted by atomic mass is 16.5. The largest absolute Gasteiger partial charge is 0.497 e. The number of methoxy groups -OCH3 is 2. The molecule has 2 heterocycles. The zero-order chi connectivity index (χ0) is 21.4. The van der Waals surface area contributed by atoms with Crippen molar-refractivity contribution >= 4 is 5.91 Å². The second-order valence-corrected chi connectivity index (χ2v) is 9.25. The van der Waals surface area contributed by atoms with Crippen molar-refractivity contribution in [1.29, 1.82) is 0 Å². The molecule has 5 rings (SSSR count). The Labute approximate surface area is 184 Å². The Bertz CT molecular complexity index is 907. The van der Waals surface area contributed by atoms with E-state index in [-0.39, 0.29) is 5.92 Å². The van der Waals surface area contributed by atoms with Crippen LogP contribution in [-0.2, 0) is 11.3 Å². The Morgan fingerprint density at radius 1 is 0.903 bits per heavy atom. The molecule has 1 saturated carbocycles. The number of rotatable bonds is 6. The van der Waals surface area contributed by atoms with Gasteiger partial charge >= 0.3 is 0 Å². The molecular weight excluding hydrogens is 388 g/mol. The van der Waals surface area contributed by atoms with Gasteiger partial charge in [0.25, 0.3) is 0 Å². The summed E-state index contributed by atoms with van der Waals surface area (Å²) >= 11 is 0. The van der Waals surface area contributed by atoms with Crippen molar-refractivity contribution in [2.45, 2.75) is 37.8 Å². The number of nitrogens with zero attached hydrogens (tertiary/aromatic N) is 2. The van der Waals surface area contributed by atoms with E-state index in [1.807, 2.05) is 24.3 Å². The van der Waals surface area contributed by atoms with Crippen LogP contribution < -0.4 is 9.47 Å². The van der Waals surface area contributed by atoms with Gasteiger partial charge in [0.1, 0.15) is 11.5 Å². The molecule has 0 aromatic heterocycles. The molecule has 3 atom stereocenters. The van der Waals surface area contributed by atoms with Gasteiger partial charge in [-0.3, -0.25) is 9.69 Å². The maximum atomic E-state index is 13.1. The third-order valence-corrected chi connectivity index (χ3v) is 7.33. The van der Waals surface area contributed by atoms with Crippen LogP contribution in [0.15, 0.2) is 48.5 Å². The first-order valence-electron chi connectivity index (χ1n) is 11.5. The van der Waals surface area contributed by atoms with E-state index in [4.69, 9.17) is 9.47 Å². The van der Waals surface area contributed by atoms with Crippen LogP contribution in [0.4, 0.5) is 0 Å². The lowest BCUT2D eigenvalue weighted by atomic mass is 9.81. The fourth-order valence-electron chi connectivity index (χ4n) is 5.46. The van der Waals surface area contributed by atoms with Crippen LogP contribution in [0.3, 0.4) is 0 Å². The summed E-state index contributed by atoms with van der Waals surface area (Å²) in [5.41, 5.74) is 2.64. The van der Waals surface area contributed by atoms with Crippen molar-refractivity contribution < 1.29 is 14.3 Å². The van der Waals surface area contributed by atoms with Crippen LogP contribution in [0, 0.1) is 11.8 Å². The van der Waals surface area contributed by atoms with E-state index in [2.05, 4.69) is 34.1 Å². The molecule has 3 aliphatic rings. The molecule has 0 spiro atoms. The highest BCUT2D eigenvalue weighted by molar-refractivity contribution is 5.82. The number of hydrogen-bond donors (Lipinski definition) is 0. The fourth-order valence-corrected chi connectivity index (χ4v) is 5.46. The third-order valence-electron chi connectivity index (χ3n) is 7.33. The van der Waals surface area contributed by atoms with Crippen LogP contribution in [-0.4, -0.2) is 55.6 Å². The summed E-state index contributed by atoms with van der Waals surface area (Å²) in [6.45, 7) is 3.87. The molecule has 1 amide bonds. The minimum atomic E-state index is 0.285. The van der Waals surface area contributed by atoms with Gasteiger partial charge in [-0.1, -0.05) is 24.3 Å². The monoisotopic (exact) mass is 420 g/mol. The van der Waals surface area contributed by atoms with Crippen LogP contribution >= 0.6 is 0 Å². The molecule has 1 aliphatic carbocycles. The van der Waals surface area contributed by atoms with Gasteiger partial charge in [0.15, 0.2) is 0 Å². The van der Waals surface area contributed by atoms with E-state index in [9.17, 15) is 4.79 Å². The molecule has 164 valence electrons. The van der Waals surface area contributed by atoms with Crippen molar-refractivity contribution in [3.63, 3.8) is 0 Å². The van der Waals surface area contributed by atoms with Gasteiger partial charge in [0.05, 0.1) is 14.2 Å². The topological polar surface area (TPSA) is 42.0 Å². The number of likely N-dealkylation sites (tertiary alicyclic amines) is 2. The van der Waals surface area contributed by atoms with Crippen LogP contribution in [0.2, 0.25) is 0 Å². The first kappa shape index (κ1) is 20.4. The molecule has 5 heteroatoms. The summed E-state index contributed by atoms with van der Waals surface area (Å²) in [5, 5.41) is 0. The fraction of sp³-hybridized carbons (Fsp3) is 0.500. The van der Waals surface area contributed by atoms with Crippen LogP contribution in [0.25, 0.3) is 0 Å². The van der Waals surface area contributed by atoms with Gasteiger partial charge in [-0.05, 0) is 54.7 Å². The summed E-state index contributed by atoms with van der Waals surface area (Å²) in [6, 6.07) is 17.2. The summed E-state index contributed by atoms with van der Waals surface area (Å²) in [6.07, 6.45) is 3.21. The molecule has 2 aliphatic heterocycles. The first-order chi connectivity index (χ1) is 15.2. The lowest BCUT2D eigenvalue weighted by molar-refractivity contribution is -0.134. The number of ether oxygens (including phenoxy) is 2. The van der Waals surface area contributed by atoms with Gasteiger partial charge in [0, 0.05) is 50.0 Å². The Morgan fingerprint density at radius 3 is 2.16 bits per heavy atom. The van der Waals surface area contributed by atoms with Crippen molar-refractivity contribution in [1.82, 2.24) is 9.80 Å². The summed E-state index contributed by atoms with van der Waals surface area (Å²) in [7, 11) is 3.41. The second kappa shape index (κ2) is 8.54. The molecule has 0 radical (unpaired) electrons. The van der Waals surface area contributed by atoms with Gasteiger partial charge < -0.3 is 14.4 Å². The molecule has 2 aromatic carbocycles. The highest BCUT2D eigenvalue weighted by Gasteiger charge is 2.49. The van der Waals surface area contributed by atoms with Crippen molar-refractivity contribution in [2.24, 2.45) is 11.8 Å². The Kier molecular flexibility index (Phi) is 5.61. The third kappa shape index (κ3) is 4.16. The zero-order valence-corrected chi connectivity index (χ0v) is 18.5. The quantitative estimate of drug-likeness (QED) is 0.710. The number of benzene rings is 2. The van der Waals surface area contributed by atoms with Crippen LogP contribution in [0.5, 0.6) is 11.5 Å². The van der Waals surface area contributed by atoms with Crippen molar-refractivity contribution in [3.8, 4) is 11.5 Å². The molecule has 0 N–H and O–H groups in total. The van der Waals surface area contributed by atoms with Crippen LogP contribution in [0.1, 0.15) is 36.3 Å². The normalized spacial score (nSPS) is 25.9. The van der Waals surface area contributed by atoms with Crippen molar-refractivity contribution in [3.05, 3.63) is 59.7 Å². The molecule has 0 unspecified atom stereocenters. The smallest absolute Gasteiger partial charge is 0.225 e. The average molecular weight is 421 g/mol. The maximum Gasteiger partial charge on any atom is 0.225 e. The summed E-state index contributed by atoms with van der Waals surface area (Å²) in [4.78, 5) is 17.9. The van der Waals surface area contributed by atoms with Gasteiger partial charge in [-0.25, -0.2) is 0 Å². The number of carbonyl (C=O) groups is 1. The molecule has 2 saturated heterocycles. The zero-order valence-electron chi connectivity index (χ0n) is 18.5. The number of fused-ring (bicyclic) bond motifs is 1. The Balaban J connectivity index is 1.35. The minimum Gasteiger partial charge on any atom is -0.497 e. The van der Waals surface area contributed by atoms with Crippen molar-refractivity contribution in [2.75, 3.05) is 33.9 Å². The van der Waals surface area contributed by atoms with Gasteiger partial charge in [0.2, 0.25) is 5.91 Å². The van der Waals surface area contributed by atoms with E-state index < -0.39 is 0 Å². The molecular formula is C26H32N2O3. The molecule has 3 fully saturated rings. The van der Waals surface area contributed by atoms with Gasteiger partial charge in [-0.2, -0.15) is 0 Å². The number of amides is 1. The average Bonchev–Trinajstić information content (AvgIpc) is 3.60. The number of carbonyl (C=O) groups excluding carboxylic acids is 1. The molecule has 5 nitrogen and oxygen atoms in total. The second-order valence-electron chi connectivity index (χ2n) is 9.25. The number of hydrogen-bond acceptors (Lipinski definition) is 4. The summed E-state index contributed by atoms with van der Waals surface area (Å²) in [5.74, 6) is 3.32. The van der Waals surface area contributed by atoms with E-state index in [0.717, 1.165) is 56.9 Å². The van der Waals surface area contributed by atoms with E-state index >= 15 is 0 Å². The maximum absolute atomic E-state index is 13.1. The minimum absolute atomic E-state index is 0.285. The van der Waals surface area contributed by atoms with E-state index in [1.54, 1.807) is 14.2 Å².